The highest BCUT2D eigenvalue weighted by atomic mass is 16.2. The van der Waals surface area contributed by atoms with Crippen LogP contribution in [0.1, 0.15) is 35.7 Å². The standard InChI is InChI=1S/C22H21NO2/c1-3-6-21(24)23(20-13-9-16(2)10-14-20)22(25)19-12-11-17-7-4-5-8-18(17)15-19/h4-5,7-15H,3,6H2,1-2H3. The molecule has 0 N–H and O–H groups in total. The van der Waals surface area contributed by atoms with Crippen LogP contribution < -0.4 is 4.90 Å². The largest absolute Gasteiger partial charge is 0.274 e. The Balaban J connectivity index is 2.02. The number of anilines is 1. The van der Waals surface area contributed by atoms with Crippen LogP contribution in [0, 0.1) is 6.92 Å². The van der Waals surface area contributed by atoms with Crippen LogP contribution in [-0.2, 0) is 4.79 Å². The minimum Gasteiger partial charge on any atom is -0.274 e. The summed E-state index contributed by atoms with van der Waals surface area (Å²) in [5.74, 6) is -0.461. The predicted molar refractivity (Wildman–Crippen MR) is 102 cm³/mol. The van der Waals surface area contributed by atoms with Crippen LogP contribution >= 0.6 is 0 Å². The first-order chi connectivity index (χ1) is 12.1. The number of imide groups is 1. The molecule has 0 fully saturated rings. The third kappa shape index (κ3) is 3.61. The van der Waals surface area contributed by atoms with Gasteiger partial charge in [0, 0.05) is 12.0 Å². The van der Waals surface area contributed by atoms with Gasteiger partial charge in [0.1, 0.15) is 0 Å². The molecular weight excluding hydrogens is 310 g/mol. The first-order valence-corrected chi connectivity index (χ1v) is 8.53. The van der Waals surface area contributed by atoms with Gasteiger partial charge in [-0.1, -0.05) is 55.0 Å². The van der Waals surface area contributed by atoms with Crippen molar-refractivity contribution in [2.24, 2.45) is 0 Å². The van der Waals surface area contributed by atoms with Crippen LogP contribution in [0.2, 0.25) is 0 Å². The van der Waals surface area contributed by atoms with Crippen molar-refractivity contribution in [3.05, 3.63) is 77.9 Å². The summed E-state index contributed by atoms with van der Waals surface area (Å²) >= 11 is 0. The first-order valence-electron chi connectivity index (χ1n) is 8.53. The molecule has 0 aromatic heterocycles. The number of benzene rings is 3. The van der Waals surface area contributed by atoms with E-state index >= 15 is 0 Å². The van der Waals surface area contributed by atoms with Crippen molar-refractivity contribution in [3.63, 3.8) is 0 Å². The van der Waals surface area contributed by atoms with Crippen molar-refractivity contribution in [2.75, 3.05) is 4.90 Å². The molecule has 3 aromatic rings. The molecule has 0 bridgehead atoms. The van der Waals surface area contributed by atoms with E-state index in [1.54, 1.807) is 6.07 Å². The molecule has 3 heteroatoms. The lowest BCUT2D eigenvalue weighted by molar-refractivity contribution is -0.118. The van der Waals surface area contributed by atoms with E-state index in [1.807, 2.05) is 74.5 Å². The zero-order chi connectivity index (χ0) is 17.8. The Bertz CT molecular complexity index is 913. The van der Waals surface area contributed by atoms with Gasteiger partial charge in [-0.25, -0.2) is 4.90 Å². The zero-order valence-corrected chi connectivity index (χ0v) is 14.5. The van der Waals surface area contributed by atoms with Crippen molar-refractivity contribution in [3.8, 4) is 0 Å². The molecule has 0 aliphatic heterocycles. The average molecular weight is 331 g/mol. The average Bonchev–Trinajstić information content (AvgIpc) is 2.63. The molecule has 0 atom stereocenters. The van der Waals surface area contributed by atoms with Crippen molar-refractivity contribution < 1.29 is 9.59 Å². The number of aryl methyl sites for hydroxylation is 1. The molecular formula is C22H21NO2. The van der Waals surface area contributed by atoms with Crippen LogP contribution in [0.3, 0.4) is 0 Å². The molecule has 0 unspecified atom stereocenters. The predicted octanol–water partition coefficient (Wildman–Crippen LogP) is 5.12. The van der Waals surface area contributed by atoms with Gasteiger partial charge in [-0.15, -0.1) is 0 Å². The smallest absolute Gasteiger partial charge is 0.265 e. The number of rotatable bonds is 4. The van der Waals surface area contributed by atoms with E-state index in [4.69, 9.17) is 0 Å². The molecule has 2 amide bonds. The van der Waals surface area contributed by atoms with E-state index in [0.717, 1.165) is 16.3 Å². The lowest BCUT2D eigenvalue weighted by atomic mass is 10.1. The maximum absolute atomic E-state index is 13.1. The zero-order valence-electron chi connectivity index (χ0n) is 14.5. The number of nitrogens with zero attached hydrogens (tertiary/aromatic N) is 1. The molecule has 0 aliphatic carbocycles. The summed E-state index contributed by atoms with van der Waals surface area (Å²) < 4.78 is 0. The summed E-state index contributed by atoms with van der Waals surface area (Å²) in [6.07, 6.45) is 1.04. The Labute approximate surface area is 147 Å². The van der Waals surface area contributed by atoms with E-state index in [0.29, 0.717) is 24.1 Å². The number of amides is 2. The van der Waals surface area contributed by atoms with Crippen LogP contribution in [0.25, 0.3) is 10.8 Å². The quantitative estimate of drug-likeness (QED) is 0.665. The highest BCUT2D eigenvalue weighted by molar-refractivity contribution is 6.21. The van der Waals surface area contributed by atoms with Gasteiger partial charge in [0.05, 0.1) is 5.69 Å². The van der Waals surface area contributed by atoms with Gasteiger partial charge in [0.2, 0.25) is 5.91 Å². The molecule has 3 rings (SSSR count). The summed E-state index contributed by atoms with van der Waals surface area (Å²) in [7, 11) is 0. The van der Waals surface area contributed by atoms with Crippen molar-refractivity contribution in [1.29, 1.82) is 0 Å². The summed E-state index contributed by atoms with van der Waals surface area (Å²) in [5, 5.41) is 2.06. The molecule has 0 spiro atoms. The number of hydrogen-bond acceptors (Lipinski definition) is 2. The molecule has 126 valence electrons. The molecule has 25 heavy (non-hydrogen) atoms. The molecule has 0 saturated heterocycles. The monoisotopic (exact) mass is 331 g/mol. The third-order valence-corrected chi connectivity index (χ3v) is 4.20. The van der Waals surface area contributed by atoms with Gasteiger partial charge in [-0.3, -0.25) is 9.59 Å². The fourth-order valence-electron chi connectivity index (χ4n) is 2.85. The van der Waals surface area contributed by atoms with Gasteiger partial charge in [-0.2, -0.15) is 0 Å². The molecule has 0 saturated carbocycles. The second-order valence-electron chi connectivity index (χ2n) is 6.18. The second-order valence-corrected chi connectivity index (χ2v) is 6.18. The van der Waals surface area contributed by atoms with Crippen molar-refractivity contribution in [1.82, 2.24) is 0 Å². The minimum atomic E-state index is -0.284. The maximum Gasteiger partial charge on any atom is 0.265 e. The summed E-state index contributed by atoms with van der Waals surface area (Å²) in [4.78, 5) is 27.0. The van der Waals surface area contributed by atoms with Gasteiger partial charge in [-0.05, 0) is 48.4 Å². The highest BCUT2D eigenvalue weighted by Crippen LogP contribution is 2.22. The fourth-order valence-corrected chi connectivity index (χ4v) is 2.85. The van der Waals surface area contributed by atoms with Crippen molar-refractivity contribution in [2.45, 2.75) is 26.7 Å². The van der Waals surface area contributed by atoms with Gasteiger partial charge < -0.3 is 0 Å². The molecule has 0 heterocycles. The summed E-state index contributed by atoms with van der Waals surface area (Å²) in [6.45, 7) is 3.92. The normalized spacial score (nSPS) is 10.6. The van der Waals surface area contributed by atoms with E-state index < -0.39 is 0 Å². The Morgan fingerprint density at radius 2 is 1.56 bits per heavy atom. The van der Waals surface area contributed by atoms with E-state index in [-0.39, 0.29) is 11.8 Å². The lowest BCUT2D eigenvalue weighted by Gasteiger charge is -2.21. The fraction of sp³-hybridized carbons (Fsp3) is 0.182. The van der Waals surface area contributed by atoms with E-state index in [9.17, 15) is 9.59 Å². The SMILES string of the molecule is CCCC(=O)N(C(=O)c1ccc2ccccc2c1)c1ccc(C)cc1. The third-order valence-electron chi connectivity index (χ3n) is 4.20. The number of fused-ring (bicyclic) bond motifs is 1. The molecule has 0 aliphatic rings. The minimum absolute atomic E-state index is 0.176. The van der Waals surface area contributed by atoms with E-state index in [1.165, 1.54) is 4.90 Å². The highest BCUT2D eigenvalue weighted by Gasteiger charge is 2.24. The first kappa shape index (κ1) is 16.9. The Morgan fingerprint density at radius 3 is 2.24 bits per heavy atom. The van der Waals surface area contributed by atoms with Crippen LogP contribution in [0.5, 0.6) is 0 Å². The Hall–Kier alpha value is -2.94. The van der Waals surface area contributed by atoms with Crippen LogP contribution in [0.4, 0.5) is 5.69 Å². The number of carbonyl (C=O) groups is 2. The van der Waals surface area contributed by atoms with Gasteiger partial charge >= 0.3 is 0 Å². The second kappa shape index (κ2) is 7.31. The van der Waals surface area contributed by atoms with E-state index in [2.05, 4.69) is 0 Å². The molecule has 0 radical (unpaired) electrons. The number of carbonyl (C=O) groups excluding carboxylic acids is 2. The lowest BCUT2D eigenvalue weighted by Crippen LogP contribution is -2.36. The summed E-state index contributed by atoms with van der Waals surface area (Å²) in [6, 6.07) is 20.9. The summed E-state index contributed by atoms with van der Waals surface area (Å²) in [5.41, 5.74) is 2.22. The van der Waals surface area contributed by atoms with Crippen molar-refractivity contribution >= 4 is 28.3 Å². The number of hydrogen-bond donors (Lipinski definition) is 0. The van der Waals surface area contributed by atoms with Gasteiger partial charge in [0.15, 0.2) is 0 Å². The van der Waals surface area contributed by atoms with Crippen LogP contribution in [0.15, 0.2) is 66.7 Å². The van der Waals surface area contributed by atoms with Gasteiger partial charge in [0.25, 0.3) is 5.91 Å². The Kier molecular flexibility index (Phi) is 4.94. The molecule has 3 nitrogen and oxygen atoms in total. The maximum atomic E-state index is 13.1. The topological polar surface area (TPSA) is 37.4 Å². The molecule has 3 aromatic carbocycles. The Morgan fingerprint density at radius 1 is 0.880 bits per heavy atom. The van der Waals surface area contributed by atoms with Crippen LogP contribution in [-0.4, -0.2) is 11.8 Å².